The van der Waals surface area contributed by atoms with Crippen LogP contribution in [0, 0.1) is 16.2 Å². The second-order valence-corrected chi connectivity index (χ2v) is 9.21. The van der Waals surface area contributed by atoms with Gasteiger partial charge in [-0.2, -0.15) is 0 Å². The summed E-state index contributed by atoms with van der Waals surface area (Å²) in [5.74, 6) is 0. The van der Waals surface area contributed by atoms with Crippen LogP contribution in [-0.4, -0.2) is 19.0 Å². The van der Waals surface area contributed by atoms with Gasteiger partial charge < -0.3 is 4.90 Å². The van der Waals surface area contributed by atoms with E-state index in [0.717, 1.165) is 0 Å². The molecule has 0 aliphatic rings. The van der Waals surface area contributed by atoms with Crippen LogP contribution in [0.15, 0.2) is 22.9 Å². The Labute approximate surface area is 128 Å². The van der Waals surface area contributed by atoms with Crippen molar-refractivity contribution in [3.8, 4) is 0 Å². The van der Waals surface area contributed by atoms with Crippen LogP contribution < -0.4 is 0 Å². The van der Waals surface area contributed by atoms with Gasteiger partial charge in [0, 0.05) is 25.2 Å². The van der Waals surface area contributed by atoms with Crippen LogP contribution in [-0.2, 0) is 0 Å². The van der Waals surface area contributed by atoms with Gasteiger partial charge in [0.2, 0.25) is 0 Å². The summed E-state index contributed by atoms with van der Waals surface area (Å²) in [6, 6.07) is 0. The van der Waals surface area contributed by atoms with Crippen molar-refractivity contribution in [3.05, 3.63) is 22.9 Å². The largest absolute Gasteiger partial charge is 0.381 e. The Morgan fingerprint density at radius 1 is 0.700 bits per heavy atom. The van der Waals surface area contributed by atoms with E-state index in [0.29, 0.717) is 0 Å². The maximum absolute atomic E-state index is 2.42. The van der Waals surface area contributed by atoms with Gasteiger partial charge in [0.05, 0.1) is 0 Å². The van der Waals surface area contributed by atoms with Gasteiger partial charge in [0.1, 0.15) is 0 Å². The van der Waals surface area contributed by atoms with Gasteiger partial charge in [0.25, 0.3) is 0 Å². The minimum absolute atomic E-state index is 0.151. The third kappa shape index (κ3) is 5.34. The first kappa shape index (κ1) is 19.3. The van der Waals surface area contributed by atoms with Crippen LogP contribution in [0.3, 0.4) is 0 Å². The highest BCUT2D eigenvalue weighted by molar-refractivity contribution is 5.36. The van der Waals surface area contributed by atoms with E-state index in [1.54, 1.807) is 0 Å². The summed E-state index contributed by atoms with van der Waals surface area (Å²) >= 11 is 0. The lowest BCUT2D eigenvalue weighted by atomic mass is 9.74. The molecule has 0 bridgehead atoms. The Morgan fingerprint density at radius 2 is 1.10 bits per heavy atom. The predicted octanol–water partition coefficient (Wildman–Crippen LogP) is 5.89. The molecule has 0 atom stereocenters. The standard InChI is InChI=1S/C19H37N/c1-14(17(2,3)4)15(18(5,6)7)13-16(20(11)12)19(8,9)10/h13H,1-12H3/b15-14-,16-13-. The van der Waals surface area contributed by atoms with Gasteiger partial charge in [-0.15, -0.1) is 0 Å². The molecule has 0 aliphatic carbocycles. The van der Waals surface area contributed by atoms with Gasteiger partial charge in [-0.25, -0.2) is 0 Å². The van der Waals surface area contributed by atoms with E-state index in [1.165, 1.54) is 16.8 Å². The fourth-order valence-corrected chi connectivity index (χ4v) is 2.44. The van der Waals surface area contributed by atoms with Gasteiger partial charge in [0.15, 0.2) is 0 Å². The Kier molecular flexibility index (Phi) is 5.74. The fraction of sp³-hybridized carbons (Fsp3) is 0.789. The van der Waals surface area contributed by atoms with E-state index in [-0.39, 0.29) is 16.2 Å². The van der Waals surface area contributed by atoms with Crippen LogP contribution >= 0.6 is 0 Å². The Balaban J connectivity index is 6.22. The van der Waals surface area contributed by atoms with Gasteiger partial charge >= 0.3 is 0 Å². The average Bonchev–Trinajstić information content (AvgIpc) is 2.10. The van der Waals surface area contributed by atoms with Crippen molar-refractivity contribution >= 4 is 0 Å². The van der Waals surface area contributed by atoms with Crippen molar-refractivity contribution in [1.82, 2.24) is 4.90 Å². The average molecular weight is 280 g/mol. The molecule has 0 fully saturated rings. The first-order valence-electron chi connectivity index (χ1n) is 7.70. The Bertz CT molecular complexity index is 387. The first-order valence-corrected chi connectivity index (χ1v) is 7.70. The molecule has 0 spiro atoms. The van der Waals surface area contributed by atoms with Crippen LogP contribution in [0.1, 0.15) is 69.2 Å². The van der Waals surface area contributed by atoms with Crippen LogP contribution in [0.4, 0.5) is 0 Å². The van der Waals surface area contributed by atoms with E-state index < -0.39 is 0 Å². The van der Waals surface area contributed by atoms with E-state index in [2.05, 4.69) is 94.3 Å². The molecule has 0 unspecified atom stereocenters. The number of allylic oxidation sites excluding steroid dienone is 4. The van der Waals surface area contributed by atoms with Crippen molar-refractivity contribution < 1.29 is 0 Å². The first-order chi connectivity index (χ1) is 8.58. The van der Waals surface area contributed by atoms with Crippen LogP contribution in [0.25, 0.3) is 0 Å². The van der Waals surface area contributed by atoms with E-state index >= 15 is 0 Å². The topological polar surface area (TPSA) is 3.24 Å². The molecule has 0 radical (unpaired) electrons. The molecular formula is C19H37N. The summed E-state index contributed by atoms with van der Waals surface area (Å²) < 4.78 is 0. The van der Waals surface area contributed by atoms with Crippen molar-refractivity contribution in [3.63, 3.8) is 0 Å². The summed E-state index contributed by atoms with van der Waals surface area (Å²) in [5.41, 5.74) is 4.83. The lowest BCUT2D eigenvalue weighted by Crippen LogP contribution is -2.25. The van der Waals surface area contributed by atoms with Crippen LogP contribution in [0.2, 0.25) is 0 Å². The normalized spacial score (nSPS) is 16.1. The van der Waals surface area contributed by atoms with Crippen molar-refractivity contribution in [2.45, 2.75) is 69.2 Å². The minimum Gasteiger partial charge on any atom is -0.381 e. The Hall–Kier alpha value is -0.720. The van der Waals surface area contributed by atoms with Gasteiger partial charge in [-0.05, 0) is 29.4 Å². The highest BCUT2D eigenvalue weighted by Gasteiger charge is 2.27. The van der Waals surface area contributed by atoms with E-state index in [4.69, 9.17) is 0 Å². The smallest absolute Gasteiger partial charge is 0.0185 e. The molecule has 0 amide bonds. The molecule has 0 aromatic carbocycles. The third-order valence-electron chi connectivity index (χ3n) is 3.87. The number of rotatable bonds is 2. The summed E-state index contributed by atoms with van der Waals surface area (Å²) in [6.07, 6.45) is 2.42. The van der Waals surface area contributed by atoms with Crippen LogP contribution in [0.5, 0.6) is 0 Å². The lowest BCUT2D eigenvalue weighted by molar-refractivity contribution is 0.349. The second kappa shape index (κ2) is 5.95. The number of nitrogens with zero attached hydrogens (tertiary/aromatic N) is 1. The molecule has 0 saturated carbocycles. The molecule has 0 aliphatic heterocycles. The molecule has 0 saturated heterocycles. The zero-order valence-electron chi connectivity index (χ0n) is 16.0. The molecule has 0 aromatic rings. The van der Waals surface area contributed by atoms with Gasteiger partial charge in [-0.1, -0.05) is 67.9 Å². The summed E-state index contributed by atoms with van der Waals surface area (Å²) in [7, 11) is 4.29. The van der Waals surface area contributed by atoms with E-state index in [9.17, 15) is 0 Å². The monoisotopic (exact) mass is 279 g/mol. The maximum Gasteiger partial charge on any atom is 0.0185 e. The molecule has 118 valence electrons. The lowest BCUT2D eigenvalue weighted by Gasteiger charge is -2.35. The van der Waals surface area contributed by atoms with Gasteiger partial charge in [-0.3, -0.25) is 0 Å². The molecule has 0 rings (SSSR count). The molecule has 1 heteroatoms. The Morgan fingerprint density at radius 3 is 1.30 bits per heavy atom. The van der Waals surface area contributed by atoms with Crippen molar-refractivity contribution in [2.75, 3.05) is 14.1 Å². The summed E-state index contributed by atoms with van der Waals surface area (Å²) in [6.45, 7) is 23.0. The third-order valence-corrected chi connectivity index (χ3v) is 3.87. The highest BCUT2D eigenvalue weighted by atomic mass is 15.1. The minimum atomic E-state index is 0.151. The SMILES string of the molecule is C/C(=C(\C=C(/N(C)C)C(C)(C)C)C(C)(C)C)C(C)(C)C. The molecular weight excluding hydrogens is 242 g/mol. The molecule has 0 heterocycles. The zero-order chi connectivity index (χ0) is 16.5. The zero-order valence-corrected chi connectivity index (χ0v) is 16.0. The number of hydrogen-bond donors (Lipinski definition) is 0. The molecule has 20 heavy (non-hydrogen) atoms. The van der Waals surface area contributed by atoms with Crippen molar-refractivity contribution in [2.24, 2.45) is 16.2 Å². The molecule has 0 N–H and O–H groups in total. The fourth-order valence-electron chi connectivity index (χ4n) is 2.44. The number of hydrogen-bond acceptors (Lipinski definition) is 1. The molecule has 0 aromatic heterocycles. The van der Waals surface area contributed by atoms with Crippen molar-refractivity contribution in [1.29, 1.82) is 0 Å². The predicted molar refractivity (Wildman–Crippen MR) is 92.8 cm³/mol. The molecule has 1 nitrogen and oxygen atoms in total. The summed E-state index contributed by atoms with van der Waals surface area (Å²) in [4.78, 5) is 2.25. The highest BCUT2D eigenvalue weighted by Crippen LogP contribution is 2.39. The summed E-state index contributed by atoms with van der Waals surface area (Å²) in [5, 5.41) is 0. The second-order valence-electron chi connectivity index (χ2n) is 9.21. The quantitative estimate of drug-likeness (QED) is 0.570. The van der Waals surface area contributed by atoms with E-state index in [1.807, 2.05) is 0 Å². The maximum atomic E-state index is 2.42.